The van der Waals surface area contributed by atoms with Crippen molar-refractivity contribution in [1.29, 1.82) is 0 Å². The SMILES string of the molecule is O=C1Nc2ccccc2N(C(=O)CN2CCC(CCCCN3CCN(CCCCC4CCN(CC(=O)N5c6ccccc6NC(=O)c6ccccc65)CC4)CC3)CC2)c2ccccc21. The number of rotatable bonds is 14. The number of piperazine rings is 1. The van der Waals surface area contributed by atoms with Gasteiger partial charge < -0.3 is 20.4 Å². The predicted octanol–water partition coefficient (Wildman–Crippen LogP) is 8.23. The number of amides is 4. The number of anilines is 6. The molecule has 0 spiro atoms. The molecule has 0 bridgehead atoms. The summed E-state index contributed by atoms with van der Waals surface area (Å²) in [6, 6.07) is 29.9. The van der Waals surface area contributed by atoms with E-state index in [9.17, 15) is 19.2 Å². The molecule has 336 valence electrons. The van der Waals surface area contributed by atoms with Gasteiger partial charge in [0.15, 0.2) is 0 Å². The topological polar surface area (TPSA) is 112 Å². The van der Waals surface area contributed by atoms with E-state index in [4.69, 9.17) is 0 Å². The van der Waals surface area contributed by atoms with E-state index in [1.165, 1.54) is 77.8 Å². The molecule has 3 saturated heterocycles. The number of piperidine rings is 2. The molecule has 12 heteroatoms. The van der Waals surface area contributed by atoms with Crippen LogP contribution in [-0.4, -0.2) is 122 Å². The van der Waals surface area contributed by atoms with E-state index in [0.29, 0.717) is 47.0 Å². The van der Waals surface area contributed by atoms with Crippen LogP contribution < -0.4 is 20.4 Å². The lowest BCUT2D eigenvalue weighted by molar-refractivity contribution is -0.120. The third kappa shape index (κ3) is 10.3. The van der Waals surface area contributed by atoms with Gasteiger partial charge in [-0.1, -0.05) is 74.2 Å². The van der Waals surface area contributed by atoms with Crippen molar-refractivity contribution in [1.82, 2.24) is 19.6 Å². The van der Waals surface area contributed by atoms with Crippen molar-refractivity contribution < 1.29 is 19.2 Å². The Morgan fingerprint density at radius 1 is 0.438 bits per heavy atom. The van der Waals surface area contributed by atoms with Gasteiger partial charge in [0.1, 0.15) is 0 Å². The first-order valence-electron chi connectivity index (χ1n) is 23.9. The smallest absolute Gasteiger partial charge is 0.257 e. The van der Waals surface area contributed by atoms with Gasteiger partial charge in [-0.25, -0.2) is 0 Å². The normalized spacial score (nSPS) is 19.1. The minimum atomic E-state index is -0.190. The zero-order chi connectivity index (χ0) is 43.8. The van der Waals surface area contributed by atoms with Crippen LogP contribution in [0.4, 0.5) is 34.1 Å². The minimum absolute atomic E-state index is 0.00264. The Bertz CT molecular complexity index is 2120. The number of fused-ring (bicyclic) bond motifs is 4. The van der Waals surface area contributed by atoms with E-state index >= 15 is 0 Å². The molecule has 4 amide bonds. The highest BCUT2D eigenvalue weighted by molar-refractivity contribution is 6.19. The summed E-state index contributed by atoms with van der Waals surface area (Å²) < 4.78 is 0. The highest BCUT2D eigenvalue weighted by Gasteiger charge is 2.33. The molecular weight excluding hydrogens is 801 g/mol. The molecule has 2 N–H and O–H groups in total. The average molecular weight is 865 g/mol. The number of hydrogen-bond donors (Lipinski definition) is 2. The number of carbonyl (C=O) groups excluding carboxylic acids is 4. The highest BCUT2D eigenvalue weighted by Crippen LogP contribution is 2.40. The van der Waals surface area contributed by atoms with E-state index in [2.05, 4.69) is 30.2 Å². The number of carbonyl (C=O) groups is 4. The summed E-state index contributed by atoms with van der Waals surface area (Å²) in [5.74, 6) is 1.06. The molecule has 0 radical (unpaired) electrons. The third-order valence-electron chi connectivity index (χ3n) is 14.3. The fraction of sp³-hybridized carbons (Fsp3) is 0.462. The van der Waals surface area contributed by atoms with Crippen molar-refractivity contribution in [3.8, 4) is 0 Å². The number of likely N-dealkylation sites (tertiary alicyclic amines) is 2. The summed E-state index contributed by atoms with van der Waals surface area (Å²) in [5, 5.41) is 5.98. The van der Waals surface area contributed by atoms with Crippen LogP contribution in [0, 0.1) is 11.8 Å². The summed E-state index contributed by atoms with van der Waals surface area (Å²) in [7, 11) is 0. The Morgan fingerprint density at radius 2 is 0.797 bits per heavy atom. The largest absolute Gasteiger partial charge is 0.320 e. The van der Waals surface area contributed by atoms with Gasteiger partial charge in [0.05, 0.1) is 58.3 Å². The lowest BCUT2D eigenvalue weighted by Crippen LogP contribution is -2.46. The first-order chi connectivity index (χ1) is 31.4. The van der Waals surface area contributed by atoms with E-state index in [1.54, 1.807) is 21.9 Å². The molecule has 0 saturated carbocycles. The monoisotopic (exact) mass is 865 g/mol. The average Bonchev–Trinajstić information content (AvgIpc) is 3.53. The number of nitrogens with zero attached hydrogens (tertiary/aromatic N) is 6. The maximum Gasteiger partial charge on any atom is 0.257 e. The van der Waals surface area contributed by atoms with Gasteiger partial charge in [-0.3, -0.25) is 38.8 Å². The highest BCUT2D eigenvalue weighted by atomic mass is 16.2. The van der Waals surface area contributed by atoms with Crippen molar-refractivity contribution in [3.63, 3.8) is 0 Å². The summed E-state index contributed by atoms with van der Waals surface area (Å²) >= 11 is 0. The molecule has 5 heterocycles. The van der Waals surface area contributed by atoms with E-state index in [1.807, 2.05) is 84.9 Å². The molecule has 0 unspecified atom stereocenters. The number of hydrogen-bond acceptors (Lipinski definition) is 8. The zero-order valence-corrected chi connectivity index (χ0v) is 37.3. The maximum absolute atomic E-state index is 13.9. The van der Waals surface area contributed by atoms with Crippen LogP contribution in [0.5, 0.6) is 0 Å². The van der Waals surface area contributed by atoms with Crippen LogP contribution in [0.25, 0.3) is 0 Å². The van der Waals surface area contributed by atoms with Gasteiger partial charge in [0.2, 0.25) is 11.8 Å². The van der Waals surface area contributed by atoms with Crippen molar-refractivity contribution in [2.75, 3.05) is 99.0 Å². The van der Waals surface area contributed by atoms with Gasteiger partial charge in [-0.15, -0.1) is 0 Å². The Morgan fingerprint density at radius 3 is 1.20 bits per heavy atom. The van der Waals surface area contributed by atoms with Crippen LogP contribution in [0.1, 0.15) is 84.9 Å². The zero-order valence-electron chi connectivity index (χ0n) is 37.3. The molecule has 3 fully saturated rings. The molecule has 12 nitrogen and oxygen atoms in total. The van der Waals surface area contributed by atoms with Crippen LogP contribution in [0.15, 0.2) is 97.1 Å². The second kappa shape index (κ2) is 20.6. The van der Waals surface area contributed by atoms with Crippen molar-refractivity contribution in [3.05, 3.63) is 108 Å². The number of unbranched alkanes of at least 4 members (excludes halogenated alkanes) is 2. The quantitative estimate of drug-likeness (QED) is 0.122. The Kier molecular flexibility index (Phi) is 14.1. The van der Waals surface area contributed by atoms with Crippen molar-refractivity contribution >= 4 is 57.8 Å². The molecule has 9 rings (SSSR count). The predicted molar refractivity (Wildman–Crippen MR) is 255 cm³/mol. The molecule has 0 aliphatic carbocycles. The lowest BCUT2D eigenvalue weighted by Gasteiger charge is -2.35. The number of para-hydroxylation sites is 6. The van der Waals surface area contributed by atoms with Crippen molar-refractivity contribution in [2.45, 2.75) is 64.2 Å². The molecule has 5 aliphatic heterocycles. The van der Waals surface area contributed by atoms with E-state index < -0.39 is 0 Å². The van der Waals surface area contributed by atoms with E-state index in [0.717, 1.165) is 75.1 Å². The molecule has 64 heavy (non-hydrogen) atoms. The van der Waals surface area contributed by atoms with E-state index in [-0.39, 0.29) is 23.6 Å². The van der Waals surface area contributed by atoms with Gasteiger partial charge >= 0.3 is 0 Å². The molecule has 0 aromatic heterocycles. The maximum atomic E-state index is 13.9. The third-order valence-corrected chi connectivity index (χ3v) is 14.3. The molecular formula is C52H64N8O4. The first kappa shape index (κ1) is 43.8. The number of nitrogens with one attached hydrogen (secondary N) is 2. The molecule has 4 aromatic rings. The van der Waals surface area contributed by atoms with Gasteiger partial charge in [0, 0.05) is 26.2 Å². The van der Waals surface area contributed by atoms with Gasteiger partial charge in [0.25, 0.3) is 11.8 Å². The molecule has 4 aromatic carbocycles. The summed E-state index contributed by atoms with van der Waals surface area (Å²) in [6.07, 6.45) is 12.1. The Labute approximate surface area is 378 Å². The Balaban J connectivity index is 0.623. The fourth-order valence-electron chi connectivity index (χ4n) is 10.6. The van der Waals surface area contributed by atoms with Crippen LogP contribution >= 0.6 is 0 Å². The lowest BCUT2D eigenvalue weighted by atomic mass is 9.91. The van der Waals surface area contributed by atoms with Crippen molar-refractivity contribution in [2.24, 2.45) is 11.8 Å². The summed E-state index contributed by atoms with van der Waals surface area (Å²) in [5.41, 5.74) is 5.06. The molecule has 5 aliphatic rings. The minimum Gasteiger partial charge on any atom is -0.320 e. The molecule has 0 atom stereocenters. The second-order valence-corrected chi connectivity index (χ2v) is 18.5. The fourth-order valence-corrected chi connectivity index (χ4v) is 10.6. The van der Waals surface area contributed by atoms with Crippen LogP contribution in [-0.2, 0) is 9.59 Å². The standard InChI is InChI=1S/C52H64N8O4/c61-49(59-45-19-5-1-15-41(45)51(63)53-43-17-3-7-21-47(43)59)37-57-29-23-39(24-30-57)13-9-11-27-55-33-35-56(36-34-55)28-12-10-14-40-25-31-58(32-26-40)38-50(62)60-46-20-6-2-16-42(46)52(64)54-44-18-4-8-22-48(44)60/h1-8,15-22,39-40H,9-14,23-38H2,(H,53,63)(H,54,64). The van der Waals surface area contributed by atoms with Crippen LogP contribution in [0.2, 0.25) is 0 Å². The van der Waals surface area contributed by atoms with Crippen LogP contribution in [0.3, 0.4) is 0 Å². The summed E-state index contributed by atoms with van der Waals surface area (Å²) in [4.78, 5) is 67.1. The Hall–Kier alpha value is -5.40. The summed E-state index contributed by atoms with van der Waals surface area (Å²) in [6.45, 7) is 11.5. The first-order valence-corrected chi connectivity index (χ1v) is 23.9. The second-order valence-electron chi connectivity index (χ2n) is 18.5. The van der Waals surface area contributed by atoms with Gasteiger partial charge in [-0.05, 0) is 138 Å². The van der Waals surface area contributed by atoms with Gasteiger partial charge in [-0.2, -0.15) is 0 Å². The number of benzene rings is 4.